The summed E-state index contributed by atoms with van der Waals surface area (Å²) in [4.78, 5) is 21.0. The number of fused-ring (bicyclic) bond motifs is 1. The Morgan fingerprint density at radius 1 is 0.889 bits per heavy atom. The number of carbonyl (C=O) groups excluding carboxylic acids is 1. The number of nitrogens with zero attached hydrogens (tertiary/aromatic N) is 2. The Bertz CT molecular complexity index is 1090. The lowest BCUT2D eigenvalue weighted by molar-refractivity contribution is 0.102. The highest BCUT2D eigenvalue weighted by Gasteiger charge is 2.07. The van der Waals surface area contributed by atoms with Gasteiger partial charge in [-0.2, -0.15) is 0 Å². The number of nitrogens with one attached hydrogen (secondary N) is 2. The molecule has 0 saturated carbocycles. The molecule has 0 radical (unpaired) electrons. The van der Waals surface area contributed by atoms with Crippen LogP contribution in [0.1, 0.15) is 10.4 Å². The van der Waals surface area contributed by atoms with E-state index in [-0.39, 0.29) is 5.91 Å². The minimum absolute atomic E-state index is 0.215. The van der Waals surface area contributed by atoms with Gasteiger partial charge in [0.1, 0.15) is 5.82 Å². The monoisotopic (exact) mass is 374 g/mol. The van der Waals surface area contributed by atoms with Gasteiger partial charge in [-0.05, 0) is 48.5 Å². The fourth-order valence-electron chi connectivity index (χ4n) is 2.69. The van der Waals surface area contributed by atoms with E-state index >= 15 is 0 Å². The SMILES string of the molecule is O=C(Nc1ccc(Nc2cccc3cccnc23)nc1)c1ccc(Cl)cc1. The van der Waals surface area contributed by atoms with Gasteiger partial charge in [0.15, 0.2) is 0 Å². The molecule has 4 aromatic rings. The summed E-state index contributed by atoms with van der Waals surface area (Å²) in [6.45, 7) is 0. The molecule has 2 aromatic heterocycles. The molecule has 0 saturated heterocycles. The van der Waals surface area contributed by atoms with Gasteiger partial charge in [0.05, 0.1) is 23.1 Å². The van der Waals surface area contributed by atoms with Crippen LogP contribution in [0, 0.1) is 0 Å². The standard InChI is InChI=1S/C21H15ClN4O/c22-16-8-6-15(7-9-16)21(27)25-17-10-11-19(24-13-17)26-18-5-1-3-14-4-2-12-23-20(14)18/h1-13H,(H,24,26)(H,25,27). The fourth-order valence-corrected chi connectivity index (χ4v) is 2.82. The van der Waals surface area contributed by atoms with Crippen LogP contribution in [-0.4, -0.2) is 15.9 Å². The smallest absolute Gasteiger partial charge is 0.255 e. The van der Waals surface area contributed by atoms with E-state index in [1.165, 1.54) is 0 Å². The summed E-state index contributed by atoms with van der Waals surface area (Å²) in [6.07, 6.45) is 3.37. The van der Waals surface area contributed by atoms with Gasteiger partial charge in [-0.15, -0.1) is 0 Å². The van der Waals surface area contributed by atoms with Crippen molar-refractivity contribution in [3.63, 3.8) is 0 Å². The molecule has 2 N–H and O–H groups in total. The van der Waals surface area contributed by atoms with Crippen molar-refractivity contribution in [2.45, 2.75) is 0 Å². The van der Waals surface area contributed by atoms with Crippen LogP contribution < -0.4 is 10.6 Å². The Labute approximate surface area is 161 Å². The number of halogens is 1. The maximum Gasteiger partial charge on any atom is 0.255 e. The molecule has 6 heteroatoms. The number of anilines is 3. The lowest BCUT2D eigenvalue weighted by atomic mass is 10.2. The van der Waals surface area contributed by atoms with Crippen LogP contribution in [0.4, 0.5) is 17.2 Å². The van der Waals surface area contributed by atoms with E-state index in [2.05, 4.69) is 20.6 Å². The summed E-state index contributed by atoms with van der Waals surface area (Å²) in [7, 11) is 0. The number of carbonyl (C=O) groups is 1. The number of para-hydroxylation sites is 1. The first-order valence-corrected chi connectivity index (χ1v) is 8.70. The third-order valence-electron chi connectivity index (χ3n) is 4.02. The molecule has 132 valence electrons. The highest BCUT2D eigenvalue weighted by Crippen LogP contribution is 2.24. The molecule has 0 aliphatic heterocycles. The number of hydrogen-bond acceptors (Lipinski definition) is 4. The Balaban J connectivity index is 1.49. The van der Waals surface area contributed by atoms with Gasteiger partial charge >= 0.3 is 0 Å². The third kappa shape index (κ3) is 3.88. The average molecular weight is 375 g/mol. The van der Waals surface area contributed by atoms with Crippen LogP contribution in [-0.2, 0) is 0 Å². The van der Waals surface area contributed by atoms with Crippen molar-refractivity contribution in [2.24, 2.45) is 0 Å². The summed E-state index contributed by atoms with van der Waals surface area (Å²) < 4.78 is 0. The van der Waals surface area contributed by atoms with Gasteiger partial charge in [0.2, 0.25) is 0 Å². The van der Waals surface area contributed by atoms with Crippen molar-refractivity contribution >= 4 is 45.6 Å². The van der Waals surface area contributed by atoms with E-state index in [1.807, 2.05) is 30.3 Å². The minimum Gasteiger partial charge on any atom is -0.338 e. The molecule has 2 heterocycles. The van der Waals surface area contributed by atoms with Gasteiger partial charge in [-0.1, -0.05) is 29.8 Å². The number of hydrogen-bond donors (Lipinski definition) is 2. The fraction of sp³-hybridized carbons (Fsp3) is 0. The first kappa shape index (κ1) is 17.0. The van der Waals surface area contributed by atoms with Crippen molar-refractivity contribution in [3.8, 4) is 0 Å². The molecule has 0 aliphatic carbocycles. The van der Waals surface area contributed by atoms with Gasteiger partial charge in [-0.3, -0.25) is 9.78 Å². The molecular formula is C21H15ClN4O. The average Bonchev–Trinajstić information content (AvgIpc) is 2.70. The highest BCUT2D eigenvalue weighted by molar-refractivity contribution is 6.30. The predicted molar refractivity (Wildman–Crippen MR) is 109 cm³/mol. The van der Waals surface area contributed by atoms with Crippen molar-refractivity contribution in [3.05, 3.63) is 89.7 Å². The molecule has 5 nitrogen and oxygen atoms in total. The van der Waals surface area contributed by atoms with E-state index in [0.717, 1.165) is 16.6 Å². The highest BCUT2D eigenvalue weighted by atomic mass is 35.5. The summed E-state index contributed by atoms with van der Waals surface area (Å²) in [5.74, 6) is 0.449. The van der Waals surface area contributed by atoms with E-state index < -0.39 is 0 Å². The summed E-state index contributed by atoms with van der Waals surface area (Å²) in [5, 5.41) is 7.72. The van der Waals surface area contributed by atoms with Crippen LogP contribution in [0.3, 0.4) is 0 Å². The normalized spacial score (nSPS) is 10.6. The number of aromatic nitrogens is 2. The lowest BCUT2D eigenvalue weighted by Crippen LogP contribution is -2.11. The number of amides is 1. The van der Waals surface area contributed by atoms with E-state index in [9.17, 15) is 4.79 Å². The topological polar surface area (TPSA) is 66.9 Å². The van der Waals surface area contributed by atoms with Crippen molar-refractivity contribution < 1.29 is 4.79 Å². The molecule has 0 spiro atoms. The first-order chi connectivity index (χ1) is 13.2. The summed E-state index contributed by atoms with van der Waals surface area (Å²) in [5.41, 5.74) is 2.89. The van der Waals surface area contributed by atoms with Crippen molar-refractivity contribution in [1.29, 1.82) is 0 Å². The summed E-state index contributed by atoms with van der Waals surface area (Å²) >= 11 is 5.84. The largest absolute Gasteiger partial charge is 0.338 e. The molecule has 0 bridgehead atoms. The maximum absolute atomic E-state index is 12.2. The first-order valence-electron chi connectivity index (χ1n) is 8.33. The number of pyridine rings is 2. The second-order valence-electron chi connectivity index (χ2n) is 5.90. The molecule has 27 heavy (non-hydrogen) atoms. The maximum atomic E-state index is 12.2. The second kappa shape index (κ2) is 7.43. The van der Waals surface area contributed by atoms with E-state index in [0.29, 0.717) is 22.1 Å². The minimum atomic E-state index is -0.215. The van der Waals surface area contributed by atoms with Crippen molar-refractivity contribution in [1.82, 2.24) is 9.97 Å². The molecule has 2 aromatic carbocycles. The zero-order valence-corrected chi connectivity index (χ0v) is 14.9. The van der Waals surface area contributed by atoms with Crippen LogP contribution in [0.25, 0.3) is 10.9 Å². The summed E-state index contributed by atoms with van der Waals surface area (Å²) in [6, 6.07) is 20.2. The van der Waals surface area contributed by atoms with Crippen LogP contribution in [0.5, 0.6) is 0 Å². The van der Waals surface area contributed by atoms with Crippen LogP contribution in [0.2, 0.25) is 5.02 Å². The van der Waals surface area contributed by atoms with Gasteiger partial charge in [0, 0.05) is 22.2 Å². The zero-order chi connectivity index (χ0) is 18.6. The van der Waals surface area contributed by atoms with Gasteiger partial charge < -0.3 is 10.6 Å². The Morgan fingerprint density at radius 2 is 1.70 bits per heavy atom. The molecule has 0 atom stereocenters. The molecule has 0 fully saturated rings. The second-order valence-corrected chi connectivity index (χ2v) is 6.34. The quantitative estimate of drug-likeness (QED) is 0.510. The number of benzene rings is 2. The zero-order valence-electron chi connectivity index (χ0n) is 14.2. The number of rotatable bonds is 4. The molecule has 4 rings (SSSR count). The Hall–Kier alpha value is -3.44. The van der Waals surface area contributed by atoms with Crippen LogP contribution in [0.15, 0.2) is 79.1 Å². The molecule has 0 unspecified atom stereocenters. The Kier molecular flexibility index (Phi) is 4.68. The van der Waals surface area contributed by atoms with Gasteiger partial charge in [0.25, 0.3) is 5.91 Å². The van der Waals surface area contributed by atoms with Crippen LogP contribution >= 0.6 is 11.6 Å². The third-order valence-corrected chi connectivity index (χ3v) is 4.28. The molecule has 0 aliphatic rings. The molecule has 1 amide bonds. The van der Waals surface area contributed by atoms with Crippen molar-refractivity contribution in [2.75, 3.05) is 10.6 Å². The Morgan fingerprint density at radius 3 is 2.48 bits per heavy atom. The van der Waals surface area contributed by atoms with Gasteiger partial charge in [-0.25, -0.2) is 4.98 Å². The van der Waals surface area contributed by atoms with E-state index in [1.54, 1.807) is 48.8 Å². The predicted octanol–water partition coefficient (Wildman–Crippen LogP) is 5.28. The lowest BCUT2D eigenvalue weighted by Gasteiger charge is -2.09. The molecular weight excluding hydrogens is 360 g/mol. The van der Waals surface area contributed by atoms with E-state index in [4.69, 9.17) is 11.6 Å².